The number of fused-ring (bicyclic) bond motifs is 1. The maximum Gasteiger partial charge on any atom is 0.335 e. The van der Waals surface area contributed by atoms with Gasteiger partial charge in [0.2, 0.25) is 0 Å². The molecule has 0 saturated heterocycles. The SMILES string of the molecule is Cc1nn(C)c2c(C)cc(C(=O)O)cc12. The molecule has 0 aliphatic heterocycles. The molecule has 2 rings (SSSR count). The summed E-state index contributed by atoms with van der Waals surface area (Å²) in [6.07, 6.45) is 0. The molecule has 1 aromatic carbocycles. The number of aromatic nitrogens is 2. The molecule has 0 bridgehead atoms. The lowest BCUT2D eigenvalue weighted by atomic mass is 10.1. The summed E-state index contributed by atoms with van der Waals surface area (Å²) >= 11 is 0. The van der Waals surface area contributed by atoms with Gasteiger partial charge in [0, 0.05) is 12.4 Å². The summed E-state index contributed by atoms with van der Waals surface area (Å²) in [5, 5.41) is 14.1. The van der Waals surface area contributed by atoms with Crippen LogP contribution in [-0.4, -0.2) is 20.9 Å². The van der Waals surface area contributed by atoms with Gasteiger partial charge in [0.25, 0.3) is 0 Å². The summed E-state index contributed by atoms with van der Waals surface area (Å²) in [4.78, 5) is 10.9. The Labute approximate surface area is 87.1 Å². The molecule has 78 valence electrons. The fourth-order valence-corrected chi connectivity index (χ4v) is 1.94. The third kappa shape index (κ3) is 1.38. The first-order valence-corrected chi connectivity index (χ1v) is 4.68. The number of carbonyl (C=O) groups is 1. The number of aromatic carboxylic acids is 1. The lowest BCUT2D eigenvalue weighted by Crippen LogP contribution is -1.98. The Balaban J connectivity index is 2.87. The lowest BCUT2D eigenvalue weighted by Gasteiger charge is -2.01. The van der Waals surface area contributed by atoms with Crippen molar-refractivity contribution in [3.63, 3.8) is 0 Å². The first-order chi connectivity index (χ1) is 7.00. The van der Waals surface area contributed by atoms with Crippen molar-refractivity contribution in [3.8, 4) is 0 Å². The second kappa shape index (κ2) is 3.08. The van der Waals surface area contributed by atoms with E-state index in [1.807, 2.05) is 20.9 Å². The first-order valence-electron chi connectivity index (χ1n) is 4.68. The van der Waals surface area contributed by atoms with Crippen LogP contribution in [-0.2, 0) is 7.05 Å². The average Bonchev–Trinajstić information content (AvgIpc) is 2.42. The predicted molar refractivity (Wildman–Crippen MR) is 57.1 cm³/mol. The van der Waals surface area contributed by atoms with Crippen LogP contribution in [0.5, 0.6) is 0 Å². The molecule has 0 saturated carbocycles. The van der Waals surface area contributed by atoms with Gasteiger partial charge in [-0.05, 0) is 31.5 Å². The van der Waals surface area contributed by atoms with Crippen LogP contribution in [0.15, 0.2) is 12.1 Å². The third-order valence-corrected chi connectivity index (χ3v) is 2.56. The fourth-order valence-electron chi connectivity index (χ4n) is 1.94. The smallest absolute Gasteiger partial charge is 0.335 e. The molecule has 1 heterocycles. The molecule has 1 aromatic heterocycles. The molecule has 15 heavy (non-hydrogen) atoms. The van der Waals surface area contributed by atoms with E-state index < -0.39 is 5.97 Å². The number of hydrogen-bond acceptors (Lipinski definition) is 2. The quantitative estimate of drug-likeness (QED) is 0.771. The molecule has 0 aliphatic carbocycles. The minimum Gasteiger partial charge on any atom is -0.478 e. The van der Waals surface area contributed by atoms with Crippen molar-refractivity contribution in [1.29, 1.82) is 0 Å². The molecule has 2 aromatic rings. The van der Waals surface area contributed by atoms with Crippen molar-refractivity contribution in [2.45, 2.75) is 13.8 Å². The molecule has 1 N–H and O–H groups in total. The van der Waals surface area contributed by atoms with Crippen LogP contribution in [0.25, 0.3) is 10.9 Å². The van der Waals surface area contributed by atoms with E-state index in [9.17, 15) is 4.79 Å². The predicted octanol–water partition coefficient (Wildman–Crippen LogP) is 1.89. The van der Waals surface area contributed by atoms with Crippen LogP contribution in [0.3, 0.4) is 0 Å². The lowest BCUT2D eigenvalue weighted by molar-refractivity contribution is 0.0697. The Bertz CT molecular complexity index is 555. The number of benzene rings is 1. The van der Waals surface area contributed by atoms with Gasteiger partial charge in [-0.15, -0.1) is 0 Å². The van der Waals surface area contributed by atoms with Gasteiger partial charge in [-0.3, -0.25) is 4.68 Å². The summed E-state index contributed by atoms with van der Waals surface area (Å²) in [6, 6.07) is 3.35. The van der Waals surface area contributed by atoms with E-state index in [2.05, 4.69) is 5.10 Å². The normalized spacial score (nSPS) is 10.9. The second-order valence-corrected chi connectivity index (χ2v) is 3.70. The highest BCUT2D eigenvalue weighted by Crippen LogP contribution is 2.22. The number of aryl methyl sites for hydroxylation is 3. The van der Waals surface area contributed by atoms with Gasteiger partial charge in [-0.1, -0.05) is 0 Å². The van der Waals surface area contributed by atoms with Crippen molar-refractivity contribution in [3.05, 3.63) is 29.0 Å². The average molecular weight is 204 g/mol. The van der Waals surface area contributed by atoms with E-state index in [4.69, 9.17) is 5.11 Å². The van der Waals surface area contributed by atoms with Gasteiger partial charge in [0.15, 0.2) is 0 Å². The summed E-state index contributed by atoms with van der Waals surface area (Å²) in [5.74, 6) is -0.900. The van der Waals surface area contributed by atoms with Crippen molar-refractivity contribution >= 4 is 16.9 Å². The second-order valence-electron chi connectivity index (χ2n) is 3.70. The van der Waals surface area contributed by atoms with Crippen molar-refractivity contribution in [2.75, 3.05) is 0 Å². The minimum atomic E-state index is -0.900. The molecule has 0 atom stereocenters. The molecule has 0 fully saturated rings. The van der Waals surface area contributed by atoms with E-state index >= 15 is 0 Å². The van der Waals surface area contributed by atoms with Crippen molar-refractivity contribution in [1.82, 2.24) is 9.78 Å². The van der Waals surface area contributed by atoms with E-state index in [1.54, 1.807) is 16.8 Å². The van der Waals surface area contributed by atoms with Gasteiger partial charge < -0.3 is 5.11 Å². The van der Waals surface area contributed by atoms with Crippen molar-refractivity contribution < 1.29 is 9.90 Å². The number of rotatable bonds is 1. The molecule has 4 heteroatoms. The van der Waals surface area contributed by atoms with Crippen LogP contribution in [0.1, 0.15) is 21.6 Å². The number of carboxylic acid groups (broad SMARTS) is 1. The summed E-state index contributed by atoms with van der Waals surface area (Å²) < 4.78 is 1.78. The van der Waals surface area contributed by atoms with Crippen LogP contribution in [0.2, 0.25) is 0 Å². The zero-order chi connectivity index (χ0) is 11.2. The van der Waals surface area contributed by atoms with Gasteiger partial charge in [0.1, 0.15) is 0 Å². The zero-order valence-electron chi connectivity index (χ0n) is 8.90. The maximum absolute atomic E-state index is 10.9. The first kappa shape index (κ1) is 9.71. The summed E-state index contributed by atoms with van der Waals surface area (Å²) in [6.45, 7) is 3.78. The highest BCUT2D eigenvalue weighted by molar-refractivity contribution is 5.95. The largest absolute Gasteiger partial charge is 0.478 e. The van der Waals surface area contributed by atoms with E-state index in [1.165, 1.54) is 0 Å². The molecule has 0 spiro atoms. The fraction of sp³-hybridized carbons (Fsp3) is 0.273. The van der Waals surface area contributed by atoms with Gasteiger partial charge in [0.05, 0.1) is 16.8 Å². The minimum absolute atomic E-state index is 0.316. The molecule has 0 unspecified atom stereocenters. The maximum atomic E-state index is 10.9. The Morgan fingerprint density at radius 2 is 2.07 bits per heavy atom. The standard InChI is InChI=1S/C11H12N2O2/c1-6-4-8(11(14)15)5-9-7(2)12-13(3)10(6)9/h4-5H,1-3H3,(H,14,15). The highest BCUT2D eigenvalue weighted by atomic mass is 16.4. The van der Waals surface area contributed by atoms with Crippen LogP contribution < -0.4 is 0 Å². The Morgan fingerprint density at radius 3 is 2.67 bits per heavy atom. The Morgan fingerprint density at radius 1 is 1.40 bits per heavy atom. The molecule has 4 nitrogen and oxygen atoms in total. The van der Waals surface area contributed by atoms with Crippen LogP contribution in [0.4, 0.5) is 0 Å². The molecular formula is C11H12N2O2. The van der Waals surface area contributed by atoms with Crippen LogP contribution >= 0.6 is 0 Å². The zero-order valence-corrected chi connectivity index (χ0v) is 8.90. The molecular weight excluding hydrogens is 192 g/mol. The molecule has 0 aliphatic rings. The van der Waals surface area contributed by atoms with Gasteiger partial charge >= 0.3 is 5.97 Å². The van der Waals surface area contributed by atoms with Crippen molar-refractivity contribution in [2.24, 2.45) is 7.05 Å². The number of carboxylic acids is 1. The Kier molecular flexibility index (Phi) is 2.00. The monoisotopic (exact) mass is 204 g/mol. The van der Waals surface area contributed by atoms with Crippen LogP contribution in [0, 0.1) is 13.8 Å². The molecule has 0 amide bonds. The van der Waals surface area contributed by atoms with E-state index in [0.717, 1.165) is 22.2 Å². The molecule has 0 radical (unpaired) electrons. The van der Waals surface area contributed by atoms with E-state index in [0.29, 0.717) is 5.56 Å². The third-order valence-electron chi connectivity index (χ3n) is 2.56. The summed E-state index contributed by atoms with van der Waals surface area (Å²) in [7, 11) is 1.86. The summed E-state index contributed by atoms with van der Waals surface area (Å²) in [5.41, 5.74) is 3.11. The van der Waals surface area contributed by atoms with Gasteiger partial charge in [-0.25, -0.2) is 4.79 Å². The van der Waals surface area contributed by atoms with E-state index in [-0.39, 0.29) is 0 Å². The number of hydrogen-bond donors (Lipinski definition) is 1. The van der Waals surface area contributed by atoms with Gasteiger partial charge in [-0.2, -0.15) is 5.10 Å². The number of nitrogens with zero attached hydrogens (tertiary/aromatic N) is 2. The Hall–Kier alpha value is -1.84. The highest BCUT2D eigenvalue weighted by Gasteiger charge is 2.12. The topological polar surface area (TPSA) is 55.1 Å².